The molecule has 0 saturated heterocycles. The molecular weight excluding hydrogens is 416 g/mol. The van der Waals surface area contributed by atoms with Crippen molar-refractivity contribution in [1.82, 2.24) is 9.55 Å². The molecule has 1 aromatic carbocycles. The first kappa shape index (κ1) is 21.8. The second-order valence-corrected chi connectivity index (χ2v) is 10.1. The summed E-state index contributed by atoms with van der Waals surface area (Å²) in [6.45, 7) is 10.4. The van der Waals surface area contributed by atoms with Crippen molar-refractivity contribution < 1.29 is 14.6 Å². The molecule has 0 unspecified atom stereocenters. The third-order valence-corrected chi connectivity index (χ3v) is 6.93. The lowest BCUT2D eigenvalue weighted by atomic mass is 9.77. The van der Waals surface area contributed by atoms with E-state index in [1.54, 1.807) is 11.5 Å². The van der Waals surface area contributed by atoms with Crippen LogP contribution in [0.3, 0.4) is 0 Å². The summed E-state index contributed by atoms with van der Waals surface area (Å²) in [7, 11) is 0. The Balaban J connectivity index is 1.74. The average Bonchev–Trinajstić information content (AvgIpc) is 3.12. The van der Waals surface area contributed by atoms with Crippen molar-refractivity contribution in [2.24, 2.45) is 0 Å². The molecule has 1 atom stereocenters. The summed E-state index contributed by atoms with van der Waals surface area (Å²) >= 11 is 0. The van der Waals surface area contributed by atoms with E-state index in [9.17, 15) is 14.7 Å². The molecular formula is C27H30N2O4. The topological polar surface area (TPSA) is 81.4 Å². The van der Waals surface area contributed by atoms with E-state index in [-0.39, 0.29) is 29.8 Å². The van der Waals surface area contributed by atoms with Crippen LogP contribution in [0.1, 0.15) is 69.7 Å². The molecule has 1 aliphatic carbocycles. The zero-order chi connectivity index (χ0) is 23.7. The van der Waals surface area contributed by atoms with Crippen LogP contribution in [0.15, 0.2) is 29.1 Å². The molecule has 0 fully saturated rings. The summed E-state index contributed by atoms with van der Waals surface area (Å²) in [5.74, 6) is 0.577. The molecule has 1 aliphatic heterocycles. The first-order valence-electron chi connectivity index (χ1n) is 11.7. The zero-order valence-electron chi connectivity index (χ0n) is 19.9. The molecule has 2 aliphatic rings. The van der Waals surface area contributed by atoms with E-state index in [4.69, 9.17) is 9.72 Å². The van der Waals surface area contributed by atoms with Crippen molar-refractivity contribution >= 4 is 16.7 Å². The maximum absolute atomic E-state index is 13.5. The number of hydrogen-bond acceptors (Lipinski definition) is 5. The number of fused-ring (bicyclic) bond motifs is 5. The van der Waals surface area contributed by atoms with Gasteiger partial charge in [-0.25, -0.2) is 4.98 Å². The Morgan fingerprint density at radius 3 is 2.55 bits per heavy atom. The molecule has 6 nitrogen and oxygen atoms in total. The van der Waals surface area contributed by atoms with Crippen molar-refractivity contribution in [3.8, 4) is 17.1 Å². The molecule has 0 amide bonds. The van der Waals surface area contributed by atoms with Gasteiger partial charge in [-0.2, -0.15) is 0 Å². The Kier molecular flexibility index (Phi) is 4.80. The van der Waals surface area contributed by atoms with Crippen LogP contribution in [0.4, 0.5) is 0 Å². The Morgan fingerprint density at radius 1 is 1.12 bits per heavy atom. The van der Waals surface area contributed by atoms with E-state index in [0.29, 0.717) is 29.8 Å². The van der Waals surface area contributed by atoms with Gasteiger partial charge in [-0.1, -0.05) is 13.8 Å². The van der Waals surface area contributed by atoms with Crippen LogP contribution in [0.25, 0.3) is 22.3 Å². The Labute approximate surface area is 193 Å². The van der Waals surface area contributed by atoms with Gasteiger partial charge in [-0.15, -0.1) is 0 Å². The van der Waals surface area contributed by atoms with Crippen LogP contribution in [0.2, 0.25) is 0 Å². The number of ketones is 1. The number of nitrogens with zero attached hydrogens (tertiary/aromatic N) is 2. The van der Waals surface area contributed by atoms with Gasteiger partial charge < -0.3 is 14.4 Å². The standard InChI is InChI=1S/C27H30N2O4/c1-6-16-18-12-15(33-26(3,4)5)8-10-21(18)28-24-19(16)14-29-22(24)13-20-17(25(29)31)9-11-23(30)27(20,32)7-2/h8,10,12-13,32H,6-7,9,11,14H2,1-5H3/t27-/m1/s1. The van der Waals surface area contributed by atoms with E-state index in [2.05, 4.69) is 6.92 Å². The van der Waals surface area contributed by atoms with Gasteiger partial charge in [0, 0.05) is 28.5 Å². The molecule has 6 heteroatoms. The smallest absolute Gasteiger partial charge is 0.254 e. The molecule has 33 heavy (non-hydrogen) atoms. The normalized spacial score (nSPS) is 19.4. The summed E-state index contributed by atoms with van der Waals surface area (Å²) in [5.41, 5.74) is 3.45. The van der Waals surface area contributed by atoms with Gasteiger partial charge in [0.15, 0.2) is 5.78 Å². The van der Waals surface area contributed by atoms with Crippen LogP contribution < -0.4 is 10.3 Å². The van der Waals surface area contributed by atoms with Crippen LogP contribution in [-0.2, 0) is 29.8 Å². The fourth-order valence-electron chi connectivity index (χ4n) is 5.35. The number of aliphatic hydroxyl groups is 1. The number of carbonyl (C=O) groups is 1. The van der Waals surface area contributed by atoms with Gasteiger partial charge in [0.2, 0.25) is 0 Å². The number of carbonyl (C=O) groups excluding carboxylic acids is 1. The highest BCUT2D eigenvalue weighted by Gasteiger charge is 2.43. The predicted octanol–water partition coefficient (Wildman–Crippen LogP) is 4.28. The van der Waals surface area contributed by atoms with Crippen molar-refractivity contribution in [3.63, 3.8) is 0 Å². The maximum Gasteiger partial charge on any atom is 0.254 e. The predicted molar refractivity (Wildman–Crippen MR) is 128 cm³/mol. The molecule has 1 N–H and O–H groups in total. The lowest BCUT2D eigenvalue weighted by molar-refractivity contribution is -0.140. The summed E-state index contributed by atoms with van der Waals surface area (Å²) in [6, 6.07) is 7.76. The van der Waals surface area contributed by atoms with Crippen LogP contribution in [-0.4, -0.2) is 26.0 Å². The van der Waals surface area contributed by atoms with E-state index in [1.807, 2.05) is 45.0 Å². The number of rotatable bonds is 3. The first-order valence-corrected chi connectivity index (χ1v) is 11.7. The van der Waals surface area contributed by atoms with Gasteiger partial charge in [-0.05, 0) is 69.9 Å². The Bertz CT molecular complexity index is 1380. The average molecular weight is 447 g/mol. The monoisotopic (exact) mass is 446 g/mol. The van der Waals surface area contributed by atoms with Gasteiger partial charge >= 0.3 is 0 Å². The third kappa shape index (κ3) is 3.22. The molecule has 0 spiro atoms. The van der Waals surface area contributed by atoms with E-state index < -0.39 is 5.60 Å². The quantitative estimate of drug-likeness (QED) is 0.508. The van der Waals surface area contributed by atoms with Gasteiger partial charge in [-0.3, -0.25) is 9.59 Å². The minimum Gasteiger partial charge on any atom is -0.488 e. The van der Waals surface area contributed by atoms with Crippen molar-refractivity contribution in [1.29, 1.82) is 0 Å². The number of Topliss-reactive ketones (excluding diaryl/α,β-unsaturated/α-hetero) is 1. The molecule has 5 rings (SSSR count). The minimum absolute atomic E-state index is 0.122. The number of benzene rings is 1. The van der Waals surface area contributed by atoms with Crippen LogP contribution in [0.5, 0.6) is 5.75 Å². The zero-order valence-corrected chi connectivity index (χ0v) is 19.9. The highest BCUT2D eigenvalue weighted by atomic mass is 16.5. The fourth-order valence-corrected chi connectivity index (χ4v) is 5.35. The number of hydrogen-bond donors (Lipinski definition) is 1. The minimum atomic E-state index is -1.60. The van der Waals surface area contributed by atoms with E-state index >= 15 is 0 Å². The lowest BCUT2D eigenvalue weighted by Crippen LogP contribution is -2.43. The molecule has 172 valence electrons. The molecule has 0 radical (unpaired) electrons. The van der Waals surface area contributed by atoms with Crippen molar-refractivity contribution in [3.05, 3.63) is 56.9 Å². The van der Waals surface area contributed by atoms with Gasteiger partial charge in [0.05, 0.1) is 23.4 Å². The summed E-state index contributed by atoms with van der Waals surface area (Å²) < 4.78 is 7.84. The van der Waals surface area contributed by atoms with Crippen molar-refractivity contribution in [2.75, 3.05) is 0 Å². The largest absolute Gasteiger partial charge is 0.488 e. The fraction of sp³-hybridized carbons (Fsp3) is 0.444. The Morgan fingerprint density at radius 2 is 1.88 bits per heavy atom. The van der Waals surface area contributed by atoms with Gasteiger partial charge in [0.1, 0.15) is 17.0 Å². The summed E-state index contributed by atoms with van der Waals surface area (Å²) in [6.07, 6.45) is 1.60. The van der Waals surface area contributed by atoms with Crippen molar-refractivity contribution in [2.45, 2.75) is 78.0 Å². The van der Waals surface area contributed by atoms with E-state index in [0.717, 1.165) is 39.9 Å². The lowest BCUT2D eigenvalue weighted by Gasteiger charge is -2.32. The first-order chi connectivity index (χ1) is 15.6. The maximum atomic E-state index is 13.5. The molecule has 3 heterocycles. The highest BCUT2D eigenvalue weighted by molar-refractivity contribution is 5.92. The van der Waals surface area contributed by atoms with E-state index in [1.165, 1.54) is 0 Å². The molecule has 3 aromatic rings. The summed E-state index contributed by atoms with van der Waals surface area (Å²) in [5, 5.41) is 12.2. The molecule has 0 bridgehead atoms. The highest BCUT2D eigenvalue weighted by Crippen LogP contribution is 2.41. The number of aryl methyl sites for hydroxylation is 1. The Hall–Kier alpha value is -2.99. The SMILES string of the molecule is CCc1c2c(nc3ccc(OC(C)(C)C)cc13)-c1cc3c(c(=O)n1C2)CCC(=O)[C@@]3(O)CC. The van der Waals surface area contributed by atoms with Crippen LogP contribution >= 0.6 is 0 Å². The van der Waals surface area contributed by atoms with Gasteiger partial charge in [0.25, 0.3) is 5.56 Å². The second-order valence-electron chi connectivity index (χ2n) is 10.1. The number of ether oxygens (including phenoxy) is 1. The second kappa shape index (κ2) is 7.26. The molecule has 0 saturated carbocycles. The number of pyridine rings is 2. The van der Waals surface area contributed by atoms with Crippen LogP contribution in [0, 0.1) is 0 Å². The third-order valence-electron chi connectivity index (χ3n) is 6.93. The molecule has 2 aromatic heterocycles. The summed E-state index contributed by atoms with van der Waals surface area (Å²) in [4.78, 5) is 31.0. The number of aromatic nitrogens is 2.